The number of rotatable bonds is 12. The molecule has 3 aromatic rings. The Morgan fingerprint density at radius 3 is 2.29 bits per heavy atom. The fourth-order valence-electron chi connectivity index (χ4n) is 4.89. The summed E-state index contributed by atoms with van der Waals surface area (Å²) in [5.41, 5.74) is 8.23. The molecule has 2 heterocycles. The molecule has 4 atom stereocenters. The normalized spacial score (nSPS) is 16.9. The first-order valence-corrected chi connectivity index (χ1v) is 13.4. The number of aliphatic carboxylic acids is 1. The average Bonchev–Trinajstić information content (AvgIpc) is 3.66. The summed E-state index contributed by atoms with van der Waals surface area (Å²) >= 11 is 0. The monoisotopic (exact) mass is 562 g/mol. The molecule has 3 amide bonds. The maximum Gasteiger partial charge on any atom is 0.326 e. The van der Waals surface area contributed by atoms with E-state index < -0.39 is 47.9 Å². The molecule has 7 N–H and O–H groups in total. The summed E-state index contributed by atoms with van der Waals surface area (Å²) in [5.74, 6) is -2.69. The van der Waals surface area contributed by atoms with Gasteiger partial charge < -0.3 is 36.5 Å². The van der Waals surface area contributed by atoms with E-state index in [2.05, 4.69) is 20.6 Å². The van der Waals surface area contributed by atoms with Crippen molar-refractivity contribution in [2.75, 3.05) is 6.54 Å². The molecule has 12 heteroatoms. The molecule has 0 radical (unpaired) electrons. The first-order chi connectivity index (χ1) is 19.7. The number of phenolic OH excluding ortho intramolecular Hbond substituents is 1. The molecule has 2 aromatic carbocycles. The lowest BCUT2D eigenvalue weighted by atomic mass is 10.0. The highest BCUT2D eigenvalue weighted by Gasteiger charge is 2.38. The zero-order valence-corrected chi connectivity index (χ0v) is 22.4. The van der Waals surface area contributed by atoms with Gasteiger partial charge in [0.15, 0.2) is 0 Å². The minimum atomic E-state index is -1.10. The fraction of sp³-hybridized carbons (Fsp3) is 0.345. The van der Waals surface area contributed by atoms with E-state index in [4.69, 9.17) is 5.73 Å². The lowest BCUT2D eigenvalue weighted by molar-refractivity contribution is -0.149. The number of phenols is 1. The van der Waals surface area contributed by atoms with E-state index in [9.17, 15) is 29.4 Å². The summed E-state index contributed by atoms with van der Waals surface area (Å²) < 4.78 is 0. The number of nitrogens with zero attached hydrogens (tertiary/aromatic N) is 2. The molecule has 0 bridgehead atoms. The van der Waals surface area contributed by atoms with Crippen LogP contribution in [-0.2, 0) is 38.4 Å². The SMILES string of the molecule is NC(Cc1ccc(O)cc1)C(=O)NC(Cc1cnc[nH]1)C(=O)NC(Cc1ccccc1)C(=O)N1CCCC1C(=O)O. The van der Waals surface area contributed by atoms with Crippen LogP contribution in [0.15, 0.2) is 67.1 Å². The molecule has 1 saturated heterocycles. The number of hydrogen-bond acceptors (Lipinski definition) is 7. The van der Waals surface area contributed by atoms with Crippen molar-refractivity contribution in [2.24, 2.45) is 5.73 Å². The molecule has 0 saturated carbocycles. The lowest BCUT2D eigenvalue weighted by Crippen LogP contribution is -2.58. The van der Waals surface area contributed by atoms with Gasteiger partial charge in [-0.1, -0.05) is 42.5 Å². The van der Waals surface area contributed by atoms with Crippen molar-refractivity contribution in [1.29, 1.82) is 0 Å². The Labute approximate surface area is 237 Å². The number of aromatic hydroxyl groups is 1. The van der Waals surface area contributed by atoms with Crippen LogP contribution < -0.4 is 16.4 Å². The molecule has 1 fully saturated rings. The molecule has 0 spiro atoms. The summed E-state index contributed by atoms with van der Waals surface area (Å²) in [5, 5.41) is 24.6. The Balaban J connectivity index is 1.52. The van der Waals surface area contributed by atoms with E-state index in [1.54, 1.807) is 12.1 Å². The van der Waals surface area contributed by atoms with E-state index in [-0.39, 0.29) is 31.6 Å². The fourth-order valence-corrected chi connectivity index (χ4v) is 4.89. The third-order valence-corrected chi connectivity index (χ3v) is 7.06. The Morgan fingerprint density at radius 2 is 1.63 bits per heavy atom. The molecular formula is C29H34N6O6. The Morgan fingerprint density at radius 1 is 0.951 bits per heavy atom. The number of benzene rings is 2. The van der Waals surface area contributed by atoms with Gasteiger partial charge in [-0.05, 0) is 42.5 Å². The van der Waals surface area contributed by atoms with Crippen molar-refractivity contribution in [3.05, 3.63) is 83.9 Å². The second kappa shape index (κ2) is 13.6. The summed E-state index contributed by atoms with van der Waals surface area (Å²) in [6, 6.07) is 11.3. The zero-order valence-electron chi connectivity index (χ0n) is 22.4. The predicted molar refractivity (Wildman–Crippen MR) is 148 cm³/mol. The van der Waals surface area contributed by atoms with Gasteiger partial charge in [0, 0.05) is 31.3 Å². The number of nitrogens with two attached hydrogens (primary N) is 1. The van der Waals surface area contributed by atoms with Gasteiger partial charge in [-0.15, -0.1) is 0 Å². The van der Waals surface area contributed by atoms with Gasteiger partial charge in [0.1, 0.15) is 23.9 Å². The number of H-pyrrole nitrogens is 1. The number of aromatic amines is 1. The highest BCUT2D eigenvalue weighted by atomic mass is 16.4. The molecular weight excluding hydrogens is 528 g/mol. The largest absolute Gasteiger partial charge is 0.508 e. The van der Waals surface area contributed by atoms with Crippen molar-refractivity contribution < 1.29 is 29.4 Å². The topological polar surface area (TPSA) is 191 Å². The summed E-state index contributed by atoms with van der Waals surface area (Å²) in [6.07, 6.45) is 4.22. The molecule has 4 rings (SSSR count). The van der Waals surface area contributed by atoms with Crippen LogP contribution in [-0.4, -0.2) is 79.5 Å². The number of amides is 3. The van der Waals surface area contributed by atoms with Crippen LogP contribution in [0, 0.1) is 0 Å². The van der Waals surface area contributed by atoms with Crippen molar-refractivity contribution in [2.45, 2.75) is 56.3 Å². The molecule has 1 aliphatic rings. The number of carbonyl (C=O) groups excluding carboxylic acids is 3. The van der Waals surface area contributed by atoms with Crippen molar-refractivity contribution in [3.8, 4) is 5.75 Å². The maximum absolute atomic E-state index is 13.6. The van der Waals surface area contributed by atoms with Gasteiger partial charge >= 0.3 is 5.97 Å². The molecule has 1 aromatic heterocycles. The summed E-state index contributed by atoms with van der Waals surface area (Å²) in [4.78, 5) is 60.3. The van der Waals surface area contributed by atoms with Crippen molar-refractivity contribution >= 4 is 23.7 Å². The maximum atomic E-state index is 13.6. The minimum Gasteiger partial charge on any atom is -0.508 e. The van der Waals surface area contributed by atoms with E-state index in [1.165, 1.54) is 29.6 Å². The van der Waals surface area contributed by atoms with E-state index in [0.717, 1.165) is 11.1 Å². The second-order valence-electron chi connectivity index (χ2n) is 10.1. The third kappa shape index (κ3) is 7.92. The number of carbonyl (C=O) groups is 4. The summed E-state index contributed by atoms with van der Waals surface area (Å²) in [6.45, 7) is 0.275. The number of hydrogen-bond donors (Lipinski definition) is 6. The Bertz CT molecular complexity index is 1330. The van der Waals surface area contributed by atoms with Crippen LogP contribution in [0.3, 0.4) is 0 Å². The van der Waals surface area contributed by atoms with Crippen molar-refractivity contribution in [3.63, 3.8) is 0 Å². The number of nitrogens with one attached hydrogen (secondary N) is 3. The van der Waals surface area contributed by atoms with Crippen LogP contribution in [0.25, 0.3) is 0 Å². The lowest BCUT2D eigenvalue weighted by Gasteiger charge is -2.29. The zero-order chi connectivity index (χ0) is 29.4. The van der Waals surface area contributed by atoms with Crippen LogP contribution in [0.5, 0.6) is 5.75 Å². The molecule has 0 aliphatic carbocycles. The van der Waals surface area contributed by atoms with Gasteiger partial charge in [0.2, 0.25) is 17.7 Å². The number of carboxylic acids is 1. The van der Waals surface area contributed by atoms with E-state index in [1.807, 2.05) is 30.3 Å². The molecule has 12 nitrogen and oxygen atoms in total. The van der Waals surface area contributed by atoms with Crippen LogP contribution in [0.1, 0.15) is 29.7 Å². The van der Waals surface area contributed by atoms with Gasteiger partial charge in [0.25, 0.3) is 0 Å². The standard InChI is InChI=1S/C29H34N6O6/c30-22(13-19-8-10-21(36)11-9-19)26(37)33-23(15-20-16-31-17-32-20)27(38)34-24(14-18-5-2-1-3-6-18)28(39)35-12-4-7-25(35)29(40)41/h1-3,5-6,8-11,16-17,22-25,36H,4,7,12-15,30H2,(H,31,32)(H,33,37)(H,34,38)(H,40,41). The van der Waals surface area contributed by atoms with Gasteiger partial charge in [0.05, 0.1) is 12.4 Å². The van der Waals surface area contributed by atoms with Gasteiger partial charge in [-0.25, -0.2) is 9.78 Å². The van der Waals surface area contributed by atoms with Gasteiger partial charge in [-0.2, -0.15) is 0 Å². The van der Waals surface area contributed by atoms with Crippen LogP contribution >= 0.6 is 0 Å². The smallest absolute Gasteiger partial charge is 0.326 e. The summed E-state index contributed by atoms with van der Waals surface area (Å²) in [7, 11) is 0. The molecule has 4 unspecified atom stereocenters. The predicted octanol–water partition coefficient (Wildman–Crippen LogP) is 0.516. The number of carboxylic acid groups (broad SMARTS) is 1. The quantitative estimate of drug-likeness (QED) is 0.184. The van der Waals surface area contributed by atoms with Crippen LogP contribution in [0.2, 0.25) is 0 Å². The minimum absolute atomic E-state index is 0.0528. The Kier molecular flexibility index (Phi) is 9.69. The first-order valence-electron chi connectivity index (χ1n) is 13.4. The second-order valence-corrected chi connectivity index (χ2v) is 10.1. The van der Waals surface area contributed by atoms with Crippen LogP contribution in [0.4, 0.5) is 0 Å². The first kappa shape index (κ1) is 29.3. The molecule has 41 heavy (non-hydrogen) atoms. The molecule has 1 aliphatic heterocycles. The van der Waals surface area contributed by atoms with E-state index >= 15 is 0 Å². The number of imidazole rings is 1. The number of aromatic nitrogens is 2. The van der Waals surface area contributed by atoms with E-state index in [0.29, 0.717) is 18.5 Å². The highest BCUT2D eigenvalue weighted by molar-refractivity contribution is 5.94. The average molecular weight is 563 g/mol. The highest BCUT2D eigenvalue weighted by Crippen LogP contribution is 2.20. The third-order valence-electron chi connectivity index (χ3n) is 7.06. The van der Waals surface area contributed by atoms with Crippen molar-refractivity contribution in [1.82, 2.24) is 25.5 Å². The van der Waals surface area contributed by atoms with Gasteiger partial charge in [-0.3, -0.25) is 14.4 Å². The Hall–Kier alpha value is -4.71. The molecule has 216 valence electrons. The number of likely N-dealkylation sites (tertiary alicyclic amines) is 1.